The molecule has 0 unspecified atom stereocenters. The number of nitrogens with two attached hydrogens (primary N) is 2. The van der Waals surface area contributed by atoms with Gasteiger partial charge >= 0.3 is 6.29 Å². The SMILES string of the molecule is Cl.NCCCC[C@H](N)c1ccc2c(c1)OC(F)(F)O2. The molecule has 19 heavy (non-hydrogen) atoms. The van der Waals surface area contributed by atoms with Crippen LogP contribution in [-0.2, 0) is 0 Å². The molecule has 0 spiro atoms. The highest BCUT2D eigenvalue weighted by Gasteiger charge is 2.43. The van der Waals surface area contributed by atoms with Crippen LogP contribution in [-0.4, -0.2) is 12.8 Å². The molecule has 4 N–H and O–H groups in total. The number of hydrogen-bond acceptors (Lipinski definition) is 4. The van der Waals surface area contributed by atoms with Crippen LogP contribution < -0.4 is 20.9 Å². The van der Waals surface area contributed by atoms with E-state index in [1.807, 2.05) is 0 Å². The first-order valence-corrected chi connectivity index (χ1v) is 5.87. The van der Waals surface area contributed by atoms with E-state index in [9.17, 15) is 8.78 Å². The van der Waals surface area contributed by atoms with Gasteiger partial charge in [-0.2, -0.15) is 0 Å². The summed E-state index contributed by atoms with van der Waals surface area (Å²) in [6.07, 6.45) is -1.02. The predicted octanol–water partition coefficient (Wildman–Crippen LogP) is 2.56. The minimum atomic E-state index is -3.58. The van der Waals surface area contributed by atoms with Crippen LogP contribution in [0.1, 0.15) is 30.9 Å². The summed E-state index contributed by atoms with van der Waals surface area (Å²) in [6.45, 7) is 0.625. The molecular weight excluding hydrogens is 278 g/mol. The maximum absolute atomic E-state index is 12.8. The largest absolute Gasteiger partial charge is 0.586 e. The molecule has 0 saturated heterocycles. The fourth-order valence-corrected chi connectivity index (χ4v) is 1.87. The Balaban J connectivity index is 0.00000180. The Kier molecular flexibility index (Phi) is 5.34. The van der Waals surface area contributed by atoms with Crippen LogP contribution in [0.25, 0.3) is 0 Å². The molecule has 0 aliphatic carbocycles. The van der Waals surface area contributed by atoms with Gasteiger partial charge in [0.25, 0.3) is 0 Å². The van der Waals surface area contributed by atoms with E-state index in [1.165, 1.54) is 12.1 Å². The fourth-order valence-electron chi connectivity index (χ4n) is 1.87. The fraction of sp³-hybridized carbons (Fsp3) is 0.500. The monoisotopic (exact) mass is 294 g/mol. The molecule has 1 heterocycles. The van der Waals surface area contributed by atoms with Gasteiger partial charge in [0.2, 0.25) is 0 Å². The zero-order valence-electron chi connectivity index (χ0n) is 10.3. The summed E-state index contributed by atoms with van der Waals surface area (Å²) in [5.41, 5.74) is 12.1. The molecule has 1 aromatic rings. The summed E-state index contributed by atoms with van der Waals surface area (Å²) in [6, 6.07) is 4.42. The quantitative estimate of drug-likeness (QED) is 0.819. The van der Waals surface area contributed by atoms with Crippen LogP contribution in [0.15, 0.2) is 18.2 Å². The Bertz CT molecular complexity index is 432. The molecule has 0 saturated carbocycles. The Labute approximate surface area is 116 Å². The maximum atomic E-state index is 12.8. The Morgan fingerprint density at radius 2 is 1.84 bits per heavy atom. The second-order valence-corrected chi connectivity index (χ2v) is 4.26. The standard InChI is InChI=1S/C12H16F2N2O2.ClH/c13-12(14)17-10-5-4-8(7-11(10)18-12)9(16)3-1-2-6-15;/h4-5,7,9H,1-3,6,15-16H2;1H/t9-;/m0./s1. The first-order valence-electron chi connectivity index (χ1n) is 5.87. The van der Waals surface area contributed by atoms with E-state index >= 15 is 0 Å². The van der Waals surface area contributed by atoms with Crippen molar-refractivity contribution in [3.63, 3.8) is 0 Å². The first-order chi connectivity index (χ1) is 8.52. The van der Waals surface area contributed by atoms with E-state index in [0.717, 1.165) is 24.8 Å². The van der Waals surface area contributed by atoms with Crippen LogP contribution in [0, 0.1) is 0 Å². The zero-order valence-corrected chi connectivity index (χ0v) is 11.1. The summed E-state index contributed by atoms with van der Waals surface area (Å²) < 4.78 is 34.4. The van der Waals surface area contributed by atoms with Crippen LogP contribution >= 0.6 is 12.4 Å². The van der Waals surface area contributed by atoms with Crippen molar-refractivity contribution in [2.45, 2.75) is 31.6 Å². The summed E-state index contributed by atoms with van der Waals surface area (Å²) in [4.78, 5) is 0. The molecule has 0 amide bonds. The lowest BCUT2D eigenvalue weighted by atomic mass is 10.0. The number of fused-ring (bicyclic) bond motifs is 1. The third-order valence-corrected chi connectivity index (χ3v) is 2.82. The van der Waals surface area contributed by atoms with Crippen LogP contribution in [0.5, 0.6) is 11.5 Å². The van der Waals surface area contributed by atoms with Crippen molar-refractivity contribution >= 4 is 12.4 Å². The number of rotatable bonds is 5. The van der Waals surface area contributed by atoms with Crippen LogP contribution in [0.3, 0.4) is 0 Å². The molecule has 2 rings (SSSR count). The lowest BCUT2D eigenvalue weighted by Gasteiger charge is -2.11. The number of benzene rings is 1. The number of alkyl halides is 2. The Hall–Kier alpha value is -1.11. The van der Waals surface area contributed by atoms with Gasteiger partial charge in [-0.05, 0) is 37.1 Å². The predicted molar refractivity (Wildman–Crippen MR) is 69.7 cm³/mol. The van der Waals surface area contributed by atoms with Gasteiger partial charge in [-0.25, -0.2) is 0 Å². The molecule has 0 radical (unpaired) electrons. The lowest BCUT2D eigenvalue weighted by molar-refractivity contribution is -0.286. The van der Waals surface area contributed by atoms with E-state index in [0.29, 0.717) is 6.54 Å². The molecule has 1 aliphatic heterocycles. The number of halogens is 3. The molecule has 0 bridgehead atoms. The normalized spacial score (nSPS) is 16.8. The number of unbranched alkanes of at least 4 members (excludes halogenated alkanes) is 1. The molecule has 0 fully saturated rings. The van der Waals surface area contributed by atoms with Crippen molar-refractivity contribution < 1.29 is 18.3 Å². The summed E-state index contributed by atoms with van der Waals surface area (Å²) in [5.74, 6) is 0.0738. The molecular formula is C12H17ClF2N2O2. The molecule has 108 valence electrons. The van der Waals surface area contributed by atoms with Gasteiger partial charge in [0.15, 0.2) is 11.5 Å². The van der Waals surface area contributed by atoms with Crippen LogP contribution in [0.2, 0.25) is 0 Å². The average molecular weight is 295 g/mol. The lowest BCUT2D eigenvalue weighted by Crippen LogP contribution is -2.25. The Morgan fingerprint density at radius 3 is 2.53 bits per heavy atom. The van der Waals surface area contributed by atoms with Gasteiger partial charge in [0.1, 0.15) is 0 Å². The van der Waals surface area contributed by atoms with E-state index in [2.05, 4.69) is 9.47 Å². The molecule has 1 atom stereocenters. The molecule has 0 aromatic heterocycles. The molecule has 4 nitrogen and oxygen atoms in total. The van der Waals surface area contributed by atoms with Crippen molar-refractivity contribution in [1.82, 2.24) is 0 Å². The van der Waals surface area contributed by atoms with Gasteiger partial charge in [0, 0.05) is 6.04 Å². The molecule has 1 aromatic carbocycles. The van der Waals surface area contributed by atoms with Crippen molar-refractivity contribution in [2.24, 2.45) is 11.5 Å². The smallest absolute Gasteiger partial charge is 0.395 e. The van der Waals surface area contributed by atoms with Gasteiger partial charge in [0.05, 0.1) is 0 Å². The van der Waals surface area contributed by atoms with Gasteiger partial charge in [-0.3, -0.25) is 0 Å². The highest BCUT2D eigenvalue weighted by molar-refractivity contribution is 5.85. The maximum Gasteiger partial charge on any atom is 0.586 e. The topological polar surface area (TPSA) is 70.5 Å². The highest BCUT2D eigenvalue weighted by atomic mass is 35.5. The summed E-state index contributed by atoms with van der Waals surface area (Å²) >= 11 is 0. The highest BCUT2D eigenvalue weighted by Crippen LogP contribution is 2.42. The number of ether oxygens (including phenoxy) is 2. The average Bonchev–Trinajstić information content (AvgIpc) is 2.61. The van der Waals surface area contributed by atoms with Gasteiger partial charge in [-0.15, -0.1) is 21.2 Å². The van der Waals surface area contributed by atoms with Gasteiger partial charge < -0.3 is 20.9 Å². The van der Waals surface area contributed by atoms with Crippen molar-refractivity contribution in [3.05, 3.63) is 23.8 Å². The first kappa shape index (κ1) is 15.9. The summed E-state index contributed by atoms with van der Waals surface area (Å²) in [7, 11) is 0. The van der Waals surface area contributed by atoms with E-state index in [-0.39, 0.29) is 29.9 Å². The molecule has 7 heteroatoms. The van der Waals surface area contributed by atoms with Gasteiger partial charge in [-0.1, -0.05) is 12.5 Å². The third kappa shape index (κ3) is 3.92. The van der Waals surface area contributed by atoms with Crippen molar-refractivity contribution in [1.29, 1.82) is 0 Å². The third-order valence-electron chi connectivity index (χ3n) is 2.82. The van der Waals surface area contributed by atoms with Crippen molar-refractivity contribution in [3.8, 4) is 11.5 Å². The second-order valence-electron chi connectivity index (χ2n) is 4.26. The van der Waals surface area contributed by atoms with E-state index in [1.54, 1.807) is 6.07 Å². The Morgan fingerprint density at radius 1 is 1.16 bits per heavy atom. The van der Waals surface area contributed by atoms with Crippen LogP contribution in [0.4, 0.5) is 8.78 Å². The van der Waals surface area contributed by atoms with E-state index < -0.39 is 6.29 Å². The zero-order chi connectivity index (χ0) is 13.2. The summed E-state index contributed by atoms with van der Waals surface area (Å²) in [5, 5.41) is 0. The number of hydrogen-bond donors (Lipinski definition) is 2. The molecule has 1 aliphatic rings. The van der Waals surface area contributed by atoms with Crippen molar-refractivity contribution in [2.75, 3.05) is 6.54 Å². The minimum Gasteiger partial charge on any atom is -0.395 e. The van der Waals surface area contributed by atoms with E-state index in [4.69, 9.17) is 11.5 Å². The second kappa shape index (κ2) is 6.36. The minimum absolute atomic E-state index is 0.